The van der Waals surface area contributed by atoms with Crippen LogP contribution in [0, 0.1) is 0 Å². The van der Waals surface area contributed by atoms with Gasteiger partial charge in [-0.25, -0.2) is 0 Å². The van der Waals surface area contributed by atoms with Gasteiger partial charge in [0.25, 0.3) is 0 Å². The Morgan fingerprint density at radius 3 is 2.80 bits per heavy atom. The molecule has 0 amide bonds. The molecule has 0 bridgehead atoms. The van der Waals surface area contributed by atoms with Gasteiger partial charge in [-0.15, -0.1) is 0 Å². The molecule has 3 rings (SSSR count). The number of nitrogens with one attached hydrogen (secondary N) is 1. The first-order valence-electron chi connectivity index (χ1n) is 4.61. The fourth-order valence-electron chi connectivity index (χ4n) is 1.88. The minimum atomic E-state index is 0.789. The molecule has 0 unspecified atom stereocenters. The number of hydrogen-bond donors (Lipinski definition) is 1. The van der Waals surface area contributed by atoms with E-state index in [1.54, 1.807) is 0 Å². The topological polar surface area (TPSA) is 15.8 Å². The molecule has 3 heteroatoms. The van der Waals surface area contributed by atoms with Crippen LogP contribution in [0.2, 0.25) is 5.02 Å². The Kier molecular flexibility index (Phi) is 2.01. The third-order valence-corrected chi connectivity index (χ3v) is 3.34. The maximum Gasteiger partial charge on any atom is 0.0506 e. The van der Waals surface area contributed by atoms with E-state index < -0.39 is 0 Å². The van der Waals surface area contributed by atoms with E-state index in [-0.39, 0.29) is 0 Å². The molecule has 0 spiro atoms. The van der Waals surface area contributed by atoms with Crippen molar-refractivity contribution in [3.63, 3.8) is 0 Å². The molecule has 0 saturated heterocycles. The fourth-order valence-corrected chi connectivity index (χ4v) is 2.52. The van der Waals surface area contributed by atoms with Gasteiger partial charge in [0.15, 0.2) is 0 Å². The summed E-state index contributed by atoms with van der Waals surface area (Å²) in [4.78, 5) is 3.34. The Bertz CT molecular complexity index is 657. The minimum Gasteiger partial charge on any atom is -0.354 e. The van der Waals surface area contributed by atoms with Crippen molar-refractivity contribution in [2.24, 2.45) is 0 Å². The molecule has 0 saturated carbocycles. The van der Waals surface area contributed by atoms with Crippen LogP contribution in [-0.2, 0) is 0 Å². The highest BCUT2D eigenvalue weighted by atomic mass is 79.9. The van der Waals surface area contributed by atoms with Crippen LogP contribution in [0.3, 0.4) is 0 Å². The fraction of sp³-hybridized carbons (Fsp3) is 0. The molecule has 0 aliphatic heterocycles. The Morgan fingerprint density at radius 2 is 1.93 bits per heavy atom. The lowest BCUT2D eigenvalue weighted by Crippen LogP contribution is -1.69. The number of aromatic amines is 1. The van der Waals surface area contributed by atoms with Crippen LogP contribution in [0.1, 0.15) is 0 Å². The van der Waals surface area contributed by atoms with Crippen molar-refractivity contribution in [1.29, 1.82) is 0 Å². The molecule has 1 heterocycles. The van der Waals surface area contributed by atoms with Crippen LogP contribution in [0.4, 0.5) is 0 Å². The molecule has 0 aliphatic rings. The van der Waals surface area contributed by atoms with Crippen molar-refractivity contribution < 1.29 is 0 Å². The monoisotopic (exact) mass is 279 g/mol. The zero-order chi connectivity index (χ0) is 10.4. The van der Waals surface area contributed by atoms with Crippen LogP contribution < -0.4 is 0 Å². The second kappa shape index (κ2) is 3.26. The normalized spacial score (nSPS) is 11.3. The van der Waals surface area contributed by atoms with Crippen molar-refractivity contribution in [3.8, 4) is 0 Å². The molecule has 15 heavy (non-hydrogen) atoms. The van der Waals surface area contributed by atoms with E-state index in [1.807, 2.05) is 24.3 Å². The number of hydrogen-bond acceptors (Lipinski definition) is 0. The number of rotatable bonds is 0. The van der Waals surface area contributed by atoms with Crippen molar-refractivity contribution in [2.75, 3.05) is 0 Å². The van der Waals surface area contributed by atoms with Crippen molar-refractivity contribution in [3.05, 3.63) is 45.9 Å². The van der Waals surface area contributed by atoms with Gasteiger partial charge in [-0.1, -0.05) is 33.6 Å². The third-order valence-electron chi connectivity index (χ3n) is 2.53. The van der Waals surface area contributed by atoms with Gasteiger partial charge in [-0.2, -0.15) is 0 Å². The molecule has 3 aromatic rings. The lowest BCUT2D eigenvalue weighted by atomic mass is 10.1. The average molecular weight is 281 g/mol. The summed E-state index contributed by atoms with van der Waals surface area (Å²) < 4.78 is 1.07. The Hall–Kier alpha value is -0.990. The Balaban J connectivity index is 2.61. The van der Waals surface area contributed by atoms with Crippen molar-refractivity contribution >= 4 is 49.3 Å². The van der Waals surface area contributed by atoms with Crippen LogP contribution in [0.25, 0.3) is 21.8 Å². The van der Waals surface area contributed by atoms with Gasteiger partial charge in [-0.05, 0) is 30.3 Å². The third kappa shape index (κ3) is 1.36. The smallest absolute Gasteiger partial charge is 0.0506 e. The van der Waals surface area contributed by atoms with E-state index >= 15 is 0 Å². The average Bonchev–Trinajstić information content (AvgIpc) is 2.57. The molecule has 1 aromatic heterocycles. The van der Waals surface area contributed by atoms with Gasteiger partial charge in [0.1, 0.15) is 0 Å². The number of fused-ring (bicyclic) bond motifs is 3. The lowest BCUT2D eigenvalue weighted by Gasteiger charge is -1.94. The number of halogens is 2. The summed E-state index contributed by atoms with van der Waals surface area (Å²) in [5, 5.41) is 3.04. The highest BCUT2D eigenvalue weighted by Crippen LogP contribution is 2.32. The first-order valence-corrected chi connectivity index (χ1v) is 5.78. The molecular weight excluding hydrogens is 273 g/mol. The quantitative estimate of drug-likeness (QED) is 0.612. The number of aromatic nitrogens is 1. The summed E-state index contributed by atoms with van der Waals surface area (Å²) in [7, 11) is 0. The Labute approximate surface area is 100 Å². The zero-order valence-electron chi connectivity index (χ0n) is 7.72. The molecule has 0 radical (unpaired) electrons. The highest BCUT2D eigenvalue weighted by Gasteiger charge is 2.06. The van der Waals surface area contributed by atoms with E-state index in [0.29, 0.717) is 0 Å². The summed E-state index contributed by atoms with van der Waals surface area (Å²) in [5.74, 6) is 0. The minimum absolute atomic E-state index is 0.789. The molecule has 0 atom stereocenters. The molecule has 1 N–H and O–H groups in total. The van der Waals surface area contributed by atoms with E-state index in [0.717, 1.165) is 31.3 Å². The largest absolute Gasteiger partial charge is 0.354 e. The van der Waals surface area contributed by atoms with Crippen molar-refractivity contribution in [1.82, 2.24) is 4.98 Å². The highest BCUT2D eigenvalue weighted by molar-refractivity contribution is 9.10. The summed E-state index contributed by atoms with van der Waals surface area (Å²) in [6, 6.07) is 12.1. The first kappa shape index (κ1) is 9.25. The summed E-state index contributed by atoms with van der Waals surface area (Å²) in [6.07, 6.45) is 0. The lowest BCUT2D eigenvalue weighted by molar-refractivity contribution is 1.54. The van der Waals surface area contributed by atoms with E-state index in [9.17, 15) is 0 Å². The van der Waals surface area contributed by atoms with Crippen LogP contribution in [-0.4, -0.2) is 4.98 Å². The summed E-state index contributed by atoms with van der Waals surface area (Å²) in [6.45, 7) is 0. The molecule has 0 fully saturated rings. The molecule has 1 nitrogen and oxygen atoms in total. The maximum atomic E-state index is 6.19. The van der Waals surface area contributed by atoms with E-state index in [2.05, 4.69) is 33.0 Å². The van der Waals surface area contributed by atoms with Gasteiger partial charge < -0.3 is 4.98 Å². The second-order valence-corrected chi connectivity index (χ2v) is 4.80. The molecule has 74 valence electrons. The SMILES string of the molecule is Clc1cccc2[nH]c3ccc(Br)cc3c12. The van der Waals surface area contributed by atoms with Crippen LogP contribution in [0.15, 0.2) is 40.9 Å². The molecule has 2 aromatic carbocycles. The van der Waals surface area contributed by atoms with Gasteiger partial charge in [0.2, 0.25) is 0 Å². The summed E-state index contributed by atoms with van der Waals surface area (Å²) in [5.41, 5.74) is 2.19. The molecular formula is C12H7BrClN. The van der Waals surface area contributed by atoms with Gasteiger partial charge in [0, 0.05) is 26.3 Å². The van der Waals surface area contributed by atoms with E-state index in [4.69, 9.17) is 11.6 Å². The first-order chi connectivity index (χ1) is 7.25. The van der Waals surface area contributed by atoms with Gasteiger partial charge in [0.05, 0.1) is 5.02 Å². The zero-order valence-corrected chi connectivity index (χ0v) is 10.1. The molecule has 0 aliphatic carbocycles. The predicted octanol–water partition coefficient (Wildman–Crippen LogP) is 4.74. The van der Waals surface area contributed by atoms with Gasteiger partial charge >= 0.3 is 0 Å². The number of benzene rings is 2. The van der Waals surface area contributed by atoms with Crippen LogP contribution in [0.5, 0.6) is 0 Å². The number of H-pyrrole nitrogens is 1. The van der Waals surface area contributed by atoms with Crippen molar-refractivity contribution in [2.45, 2.75) is 0 Å². The second-order valence-electron chi connectivity index (χ2n) is 3.48. The summed E-state index contributed by atoms with van der Waals surface area (Å²) >= 11 is 9.66. The van der Waals surface area contributed by atoms with Crippen LogP contribution >= 0.6 is 27.5 Å². The van der Waals surface area contributed by atoms with E-state index in [1.165, 1.54) is 0 Å². The Morgan fingerprint density at radius 1 is 1.07 bits per heavy atom. The standard InChI is InChI=1S/C12H7BrClN/c13-7-4-5-10-8(6-7)12-9(14)2-1-3-11(12)15-10/h1-6,15H. The predicted molar refractivity (Wildman–Crippen MR) is 68.5 cm³/mol. The van der Waals surface area contributed by atoms with Gasteiger partial charge in [-0.3, -0.25) is 0 Å². The maximum absolute atomic E-state index is 6.19.